The largest absolute Gasteiger partial charge is 0.374 e. The van der Waals surface area contributed by atoms with E-state index in [2.05, 4.69) is 41.2 Å². The molecule has 4 heteroatoms. The molecular formula is C16H27N3O. The van der Waals surface area contributed by atoms with Gasteiger partial charge < -0.3 is 10.1 Å². The molecule has 1 aliphatic heterocycles. The van der Waals surface area contributed by atoms with Gasteiger partial charge in [0.15, 0.2) is 0 Å². The van der Waals surface area contributed by atoms with E-state index >= 15 is 0 Å². The van der Waals surface area contributed by atoms with Crippen LogP contribution in [0.1, 0.15) is 26.0 Å². The number of hydrogen-bond donors (Lipinski definition) is 1. The van der Waals surface area contributed by atoms with Crippen LogP contribution in [0.2, 0.25) is 0 Å². The van der Waals surface area contributed by atoms with Crippen molar-refractivity contribution in [2.75, 3.05) is 32.8 Å². The van der Waals surface area contributed by atoms with Crippen molar-refractivity contribution < 1.29 is 4.74 Å². The van der Waals surface area contributed by atoms with Crippen molar-refractivity contribution in [3.63, 3.8) is 0 Å². The summed E-state index contributed by atoms with van der Waals surface area (Å²) in [6, 6.07) is 6.47. The fourth-order valence-corrected chi connectivity index (χ4v) is 2.67. The smallest absolute Gasteiger partial charge is 0.0859 e. The SMILES string of the molecule is CCCNC(Cc1ccccn1)C1CN(CC)CCO1. The molecular weight excluding hydrogens is 250 g/mol. The van der Waals surface area contributed by atoms with Crippen LogP contribution >= 0.6 is 0 Å². The van der Waals surface area contributed by atoms with Crippen LogP contribution in [0.15, 0.2) is 24.4 Å². The molecule has 1 N–H and O–H groups in total. The maximum Gasteiger partial charge on any atom is 0.0859 e. The second kappa shape index (κ2) is 8.35. The van der Waals surface area contributed by atoms with Gasteiger partial charge in [0.2, 0.25) is 0 Å². The zero-order valence-electron chi connectivity index (χ0n) is 12.7. The molecule has 1 fully saturated rings. The summed E-state index contributed by atoms with van der Waals surface area (Å²) in [6.45, 7) is 9.46. The molecule has 2 atom stereocenters. The number of ether oxygens (including phenoxy) is 1. The molecule has 4 nitrogen and oxygen atoms in total. The Bertz CT molecular complexity index is 371. The Morgan fingerprint density at radius 1 is 1.45 bits per heavy atom. The summed E-state index contributed by atoms with van der Waals surface area (Å²) in [6.07, 6.45) is 4.20. The van der Waals surface area contributed by atoms with E-state index in [0.717, 1.165) is 51.3 Å². The summed E-state index contributed by atoms with van der Waals surface area (Å²) in [5.41, 5.74) is 1.14. The van der Waals surface area contributed by atoms with Gasteiger partial charge in [-0.05, 0) is 31.6 Å². The number of nitrogens with one attached hydrogen (secondary N) is 1. The van der Waals surface area contributed by atoms with E-state index in [4.69, 9.17) is 4.74 Å². The van der Waals surface area contributed by atoms with E-state index < -0.39 is 0 Å². The zero-order valence-corrected chi connectivity index (χ0v) is 12.7. The summed E-state index contributed by atoms with van der Waals surface area (Å²) >= 11 is 0. The van der Waals surface area contributed by atoms with Gasteiger partial charge in [-0.15, -0.1) is 0 Å². The molecule has 0 radical (unpaired) electrons. The Morgan fingerprint density at radius 3 is 3.05 bits per heavy atom. The highest BCUT2D eigenvalue weighted by Crippen LogP contribution is 2.12. The van der Waals surface area contributed by atoms with Crippen LogP contribution in [0.25, 0.3) is 0 Å². The highest BCUT2D eigenvalue weighted by atomic mass is 16.5. The van der Waals surface area contributed by atoms with Crippen LogP contribution in [0, 0.1) is 0 Å². The summed E-state index contributed by atoms with van der Waals surface area (Å²) in [5, 5.41) is 3.64. The second-order valence-electron chi connectivity index (χ2n) is 5.39. The molecule has 2 heterocycles. The van der Waals surface area contributed by atoms with E-state index in [0.29, 0.717) is 6.04 Å². The maximum atomic E-state index is 6.01. The summed E-state index contributed by atoms with van der Waals surface area (Å²) in [5.74, 6) is 0. The van der Waals surface area contributed by atoms with Gasteiger partial charge in [-0.2, -0.15) is 0 Å². The average molecular weight is 277 g/mol. The van der Waals surface area contributed by atoms with Crippen molar-refractivity contribution in [3.8, 4) is 0 Å². The van der Waals surface area contributed by atoms with Crippen molar-refractivity contribution in [1.29, 1.82) is 0 Å². The third-order valence-electron chi connectivity index (χ3n) is 3.89. The van der Waals surface area contributed by atoms with Gasteiger partial charge >= 0.3 is 0 Å². The van der Waals surface area contributed by atoms with Gasteiger partial charge in [-0.1, -0.05) is 19.9 Å². The molecule has 20 heavy (non-hydrogen) atoms. The minimum absolute atomic E-state index is 0.261. The first-order valence-corrected chi connectivity index (χ1v) is 7.80. The predicted molar refractivity (Wildman–Crippen MR) is 81.9 cm³/mol. The Morgan fingerprint density at radius 2 is 2.35 bits per heavy atom. The Hall–Kier alpha value is -0.970. The first-order valence-electron chi connectivity index (χ1n) is 7.80. The van der Waals surface area contributed by atoms with Gasteiger partial charge in [-0.3, -0.25) is 9.88 Å². The van der Waals surface area contributed by atoms with Gasteiger partial charge in [-0.25, -0.2) is 0 Å². The van der Waals surface area contributed by atoms with E-state index in [1.54, 1.807) is 0 Å². The van der Waals surface area contributed by atoms with E-state index in [1.165, 1.54) is 0 Å². The summed E-state index contributed by atoms with van der Waals surface area (Å²) in [4.78, 5) is 6.92. The van der Waals surface area contributed by atoms with Crippen LogP contribution in [-0.4, -0.2) is 54.8 Å². The van der Waals surface area contributed by atoms with Gasteiger partial charge in [0.1, 0.15) is 0 Å². The van der Waals surface area contributed by atoms with Gasteiger partial charge in [0.25, 0.3) is 0 Å². The van der Waals surface area contributed by atoms with Crippen molar-refractivity contribution in [2.24, 2.45) is 0 Å². The third kappa shape index (κ3) is 4.54. The Labute approximate surface area is 122 Å². The molecule has 1 saturated heterocycles. The molecule has 1 aromatic heterocycles. The lowest BCUT2D eigenvalue weighted by Gasteiger charge is -2.37. The normalized spacial score (nSPS) is 21.8. The van der Waals surface area contributed by atoms with E-state index in [-0.39, 0.29) is 6.10 Å². The monoisotopic (exact) mass is 277 g/mol. The minimum Gasteiger partial charge on any atom is -0.374 e. The van der Waals surface area contributed by atoms with Crippen molar-refractivity contribution in [2.45, 2.75) is 38.8 Å². The molecule has 0 spiro atoms. The van der Waals surface area contributed by atoms with Gasteiger partial charge in [0, 0.05) is 37.4 Å². The highest BCUT2D eigenvalue weighted by Gasteiger charge is 2.27. The number of rotatable bonds is 7. The molecule has 0 bridgehead atoms. The number of morpholine rings is 1. The molecule has 1 aliphatic rings. The lowest BCUT2D eigenvalue weighted by molar-refractivity contribution is -0.0448. The second-order valence-corrected chi connectivity index (χ2v) is 5.39. The van der Waals surface area contributed by atoms with Crippen LogP contribution in [-0.2, 0) is 11.2 Å². The first-order chi connectivity index (χ1) is 9.83. The molecule has 0 aliphatic carbocycles. The van der Waals surface area contributed by atoms with Crippen molar-refractivity contribution in [3.05, 3.63) is 30.1 Å². The lowest BCUT2D eigenvalue weighted by Crippen LogP contribution is -2.53. The Kier molecular flexibility index (Phi) is 6.43. The number of likely N-dealkylation sites (N-methyl/N-ethyl adjacent to an activating group) is 1. The molecule has 0 amide bonds. The van der Waals surface area contributed by atoms with Gasteiger partial charge in [0.05, 0.1) is 12.7 Å². The zero-order chi connectivity index (χ0) is 14.2. The van der Waals surface area contributed by atoms with Crippen molar-refractivity contribution >= 4 is 0 Å². The quantitative estimate of drug-likeness (QED) is 0.823. The van der Waals surface area contributed by atoms with E-state index in [9.17, 15) is 0 Å². The van der Waals surface area contributed by atoms with E-state index in [1.807, 2.05) is 12.3 Å². The van der Waals surface area contributed by atoms with Crippen LogP contribution < -0.4 is 5.32 Å². The standard InChI is InChI=1S/C16H27N3O/c1-3-8-18-15(12-14-7-5-6-9-17-14)16-13-19(4-2)10-11-20-16/h5-7,9,15-16,18H,3-4,8,10-13H2,1-2H3. The molecule has 2 rings (SSSR count). The highest BCUT2D eigenvalue weighted by molar-refractivity contribution is 5.06. The molecule has 2 unspecified atom stereocenters. The van der Waals surface area contributed by atoms with Crippen LogP contribution in [0.3, 0.4) is 0 Å². The number of nitrogens with zero attached hydrogens (tertiary/aromatic N) is 2. The van der Waals surface area contributed by atoms with Crippen LogP contribution in [0.5, 0.6) is 0 Å². The molecule has 0 saturated carbocycles. The molecule has 0 aromatic carbocycles. The number of pyridine rings is 1. The predicted octanol–water partition coefficient (Wildman–Crippen LogP) is 1.71. The molecule has 112 valence electrons. The first kappa shape index (κ1) is 15.4. The topological polar surface area (TPSA) is 37.4 Å². The summed E-state index contributed by atoms with van der Waals surface area (Å²) in [7, 11) is 0. The lowest BCUT2D eigenvalue weighted by atomic mass is 10.0. The van der Waals surface area contributed by atoms with Crippen molar-refractivity contribution in [1.82, 2.24) is 15.2 Å². The average Bonchev–Trinajstić information content (AvgIpc) is 2.52. The number of hydrogen-bond acceptors (Lipinski definition) is 4. The fourth-order valence-electron chi connectivity index (χ4n) is 2.67. The Balaban J connectivity index is 1.98. The van der Waals surface area contributed by atoms with Crippen LogP contribution in [0.4, 0.5) is 0 Å². The molecule has 1 aromatic rings. The number of aromatic nitrogens is 1. The third-order valence-corrected chi connectivity index (χ3v) is 3.89. The summed E-state index contributed by atoms with van der Waals surface area (Å²) < 4.78 is 6.01. The fraction of sp³-hybridized carbons (Fsp3) is 0.688. The minimum atomic E-state index is 0.261. The maximum absolute atomic E-state index is 6.01.